The minimum atomic E-state index is -0.117. The number of rotatable bonds is 12. The van der Waals surface area contributed by atoms with Crippen molar-refractivity contribution >= 4 is 35.8 Å². The number of likely N-dealkylation sites (N-methyl/N-ethyl adjacent to an activating group) is 1. The lowest BCUT2D eigenvalue weighted by atomic mass is 9.98. The predicted octanol–water partition coefficient (Wildman–Crippen LogP) is 3.47. The first-order chi connectivity index (χ1) is 14.7. The van der Waals surface area contributed by atoms with Gasteiger partial charge in [-0.15, -0.1) is 24.0 Å². The maximum absolute atomic E-state index is 11.5. The molecule has 8 heteroatoms. The Morgan fingerprint density at radius 3 is 2.65 bits per heavy atom. The molecule has 1 fully saturated rings. The van der Waals surface area contributed by atoms with Crippen molar-refractivity contribution in [2.24, 2.45) is 10.9 Å². The summed E-state index contributed by atoms with van der Waals surface area (Å²) in [5, 5.41) is 9.45. The molecule has 1 aromatic rings. The van der Waals surface area contributed by atoms with E-state index in [4.69, 9.17) is 9.47 Å². The summed E-state index contributed by atoms with van der Waals surface area (Å²) in [6, 6.07) is 7.73. The lowest BCUT2D eigenvalue weighted by molar-refractivity contribution is -0.122. The Bertz CT molecular complexity index is 666. The molecule has 1 aliphatic carbocycles. The van der Waals surface area contributed by atoms with Crippen molar-refractivity contribution < 1.29 is 14.3 Å². The highest BCUT2D eigenvalue weighted by Crippen LogP contribution is 2.30. The molecule has 0 radical (unpaired) electrons. The van der Waals surface area contributed by atoms with Crippen molar-refractivity contribution in [2.75, 3.05) is 33.4 Å². The van der Waals surface area contributed by atoms with Crippen molar-refractivity contribution in [3.63, 3.8) is 0 Å². The largest absolute Gasteiger partial charge is 0.484 e. The van der Waals surface area contributed by atoms with E-state index in [0.29, 0.717) is 30.9 Å². The van der Waals surface area contributed by atoms with Crippen LogP contribution < -0.4 is 20.7 Å². The molecule has 0 aliphatic heterocycles. The van der Waals surface area contributed by atoms with Crippen LogP contribution in [-0.4, -0.2) is 51.3 Å². The van der Waals surface area contributed by atoms with E-state index in [-0.39, 0.29) is 36.5 Å². The summed E-state index contributed by atoms with van der Waals surface area (Å²) in [5.41, 5.74) is 1.06. The molecule has 0 spiro atoms. The highest BCUT2D eigenvalue weighted by molar-refractivity contribution is 14.0. The number of benzene rings is 1. The van der Waals surface area contributed by atoms with Crippen LogP contribution in [0.4, 0.5) is 0 Å². The van der Waals surface area contributed by atoms with Gasteiger partial charge in [-0.05, 0) is 56.7 Å². The fourth-order valence-electron chi connectivity index (χ4n) is 3.88. The van der Waals surface area contributed by atoms with Gasteiger partial charge in [0.05, 0.1) is 6.10 Å². The summed E-state index contributed by atoms with van der Waals surface area (Å²) in [4.78, 5) is 15.9. The number of nitrogens with zero attached hydrogens (tertiary/aromatic N) is 1. The third kappa shape index (κ3) is 10.5. The van der Waals surface area contributed by atoms with Crippen LogP contribution >= 0.6 is 24.0 Å². The van der Waals surface area contributed by atoms with E-state index in [2.05, 4.69) is 27.9 Å². The minimum absolute atomic E-state index is 0. The van der Waals surface area contributed by atoms with E-state index in [9.17, 15) is 4.79 Å². The first-order valence-electron chi connectivity index (χ1n) is 11.2. The number of carbonyl (C=O) groups excluding carboxylic acids is 1. The van der Waals surface area contributed by atoms with Gasteiger partial charge < -0.3 is 25.4 Å². The number of halogens is 1. The Kier molecular flexibility index (Phi) is 14.3. The van der Waals surface area contributed by atoms with Crippen molar-refractivity contribution in [2.45, 2.75) is 58.6 Å². The lowest BCUT2D eigenvalue weighted by Crippen LogP contribution is -2.39. The van der Waals surface area contributed by atoms with Gasteiger partial charge in [0, 0.05) is 33.3 Å². The van der Waals surface area contributed by atoms with E-state index < -0.39 is 0 Å². The number of nitrogens with one attached hydrogen (secondary N) is 3. The summed E-state index contributed by atoms with van der Waals surface area (Å²) in [7, 11) is 1.78. The molecular weight excluding hydrogens is 507 g/mol. The molecule has 1 atom stereocenters. The third-order valence-electron chi connectivity index (χ3n) is 5.35. The molecule has 7 nitrogen and oxygen atoms in total. The first-order valence-corrected chi connectivity index (χ1v) is 11.2. The molecule has 2 rings (SSSR count). The molecule has 0 aromatic heterocycles. The second kappa shape index (κ2) is 16.1. The maximum atomic E-state index is 11.5. The molecule has 176 valence electrons. The van der Waals surface area contributed by atoms with Crippen LogP contribution in [0.5, 0.6) is 5.75 Å². The standard InChI is InChI=1S/C23H38N4O3.HI/c1-4-25-22(28)17-30-20-12-8-9-18(15-20)16-27-23(24-3)26-14-13-21(29-5-2)19-10-6-7-11-19;/h8-9,12,15,19,21H,4-7,10-11,13-14,16-17H2,1-3H3,(H,25,28)(H2,24,26,27);1H. The van der Waals surface area contributed by atoms with Gasteiger partial charge in [0.25, 0.3) is 5.91 Å². The molecular formula is C23H39IN4O3. The molecule has 0 saturated heterocycles. The molecule has 31 heavy (non-hydrogen) atoms. The zero-order chi connectivity index (χ0) is 21.6. The topological polar surface area (TPSA) is 84.0 Å². The second-order valence-electron chi connectivity index (χ2n) is 7.57. The molecule has 3 N–H and O–H groups in total. The monoisotopic (exact) mass is 546 g/mol. The average molecular weight is 546 g/mol. The quantitative estimate of drug-likeness (QED) is 0.213. The van der Waals surface area contributed by atoms with E-state index in [1.165, 1.54) is 25.7 Å². The van der Waals surface area contributed by atoms with Crippen LogP contribution in [0, 0.1) is 5.92 Å². The van der Waals surface area contributed by atoms with E-state index in [1.54, 1.807) is 7.05 Å². The number of hydrogen-bond donors (Lipinski definition) is 3. The van der Waals surface area contributed by atoms with Crippen molar-refractivity contribution in [1.82, 2.24) is 16.0 Å². The Morgan fingerprint density at radius 1 is 1.19 bits per heavy atom. The zero-order valence-electron chi connectivity index (χ0n) is 19.1. The van der Waals surface area contributed by atoms with Crippen LogP contribution in [0.3, 0.4) is 0 Å². The number of guanidine groups is 1. The van der Waals surface area contributed by atoms with E-state index in [1.807, 2.05) is 31.2 Å². The SMILES string of the molecule is CCNC(=O)COc1cccc(CNC(=NC)NCCC(OCC)C2CCCC2)c1.I. The van der Waals surface area contributed by atoms with Gasteiger partial charge >= 0.3 is 0 Å². The van der Waals surface area contributed by atoms with E-state index in [0.717, 1.165) is 31.1 Å². The highest BCUT2D eigenvalue weighted by atomic mass is 127. The first kappa shape index (κ1) is 27.5. The van der Waals surface area contributed by atoms with Gasteiger partial charge in [-0.2, -0.15) is 0 Å². The Hall–Kier alpha value is -1.55. The van der Waals surface area contributed by atoms with Crippen LogP contribution in [0.15, 0.2) is 29.3 Å². The normalized spacial score (nSPS) is 15.1. The van der Waals surface area contributed by atoms with Crippen LogP contribution in [-0.2, 0) is 16.1 Å². The fraction of sp³-hybridized carbons (Fsp3) is 0.652. The number of carbonyl (C=O) groups is 1. The molecule has 1 amide bonds. The van der Waals surface area contributed by atoms with Crippen molar-refractivity contribution in [3.8, 4) is 5.75 Å². The average Bonchev–Trinajstić information content (AvgIpc) is 3.29. The fourth-order valence-corrected chi connectivity index (χ4v) is 3.88. The van der Waals surface area contributed by atoms with Crippen molar-refractivity contribution in [1.29, 1.82) is 0 Å². The number of aliphatic imine (C=N–C) groups is 1. The number of ether oxygens (including phenoxy) is 2. The number of amides is 1. The Balaban J connectivity index is 0.00000480. The van der Waals surface area contributed by atoms with Gasteiger partial charge in [0.1, 0.15) is 5.75 Å². The molecule has 0 bridgehead atoms. The Morgan fingerprint density at radius 2 is 1.97 bits per heavy atom. The molecule has 1 unspecified atom stereocenters. The summed E-state index contributed by atoms with van der Waals surface area (Å²) < 4.78 is 11.6. The molecule has 1 saturated carbocycles. The molecule has 1 aromatic carbocycles. The minimum Gasteiger partial charge on any atom is -0.484 e. The maximum Gasteiger partial charge on any atom is 0.257 e. The summed E-state index contributed by atoms with van der Waals surface area (Å²) in [6.45, 7) is 6.81. The van der Waals surface area contributed by atoms with Crippen molar-refractivity contribution in [3.05, 3.63) is 29.8 Å². The van der Waals surface area contributed by atoms with Gasteiger partial charge in [-0.1, -0.05) is 25.0 Å². The van der Waals surface area contributed by atoms with Crippen LogP contribution in [0.25, 0.3) is 0 Å². The highest BCUT2D eigenvalue weighted by Gasteiger charge is 2.25. The summed E-state index contributed by atoms with van der Waals surface area (Å²) in [5.74, 6) is 2.03. The predicted molar refractivity (Wildman–Crippen MR) is 136 cm³/mol. The lowest BCUT2D eigenvalue weighted by Gasteiger charge is -2.24. The summed E-state index contributed by atoms with van der Waals surface area (Å²) >= 11 is 0. The van der Waals surface area contributed by atoms with Crippen LogP contribution in [0.2, 0.25) is 0 Å². The van der Waals surface area contributed by atoms with Crippen LogP contribution in [0.1, 0.15) is 51.5 Å². The second-order valence-corrected chi connectivity index (χ2v) is 7.57. The Labute approximate surface area is 204 Å². The third-order valence-corrected chi connectivity index (χ3v) is 5.35. The van der Waals surface area contributed by atoms with Gasteiger partial charge in [-0.3, -0.25) is 9.79 Å². The number of hydrogen-bond acceptors (Lipinski definition) is 4. The summed E-state index contributed by atoms with van der Waals surface area (Å²) in [6.07, 6.45) is 6.56. The van der Waals surface area contributed by atoms with E-state index >= 15 is 0 Å². The zero-order valence-corrected chi connectivity index (χ0v) is 21.4. The van der Waals surface area contributed by atoms with Gasteiger partial charge in [-0.25, -0.2) is 0 Å². The van der Waals surface area contributed by atoms with Gasteiger partial charge in [0.2, 0.25) is 0 Å². The molecule has 0 heterocycles. The smallest absolute Gasteiger partial charge is 0.257 e. The molecule has 1 aliphatic rings. The van der Waals surface area contributed by atoms with Gasteiger partial charge in [0.15, 0.2) is 12.6 Å².